The van der Waals surface area contributed by atoms with Crippen molar-refractivity contribution in [1.82, 2.24) is 10.9 Å². The van der Waals surface area contributed by atoms with Crippen LogP contribution in [0.3, 0.4) is 0 Å². The number of hydrogen-bond acceptors (Lipinski definition) is 8. The Bertz CT molecular complexity index is 1530. The largest absolute Gasteiger partial charge is 0.493 e. The van der Waals surface area contributed by atoms with Gasteiger partial charge in [-0.15, -0.1) is 0 Å². The van der Waals surface area contributed by atoms with Crippen LogP contribution in [-0.2, 0) is 22.8 Å². The average molecular weight is 724 g/mol. The molecule has 0 saturated carbocycles. The number of ether oxygens (including phenoxy) is 4. The summed E-state index contributed by atoms with van der Waals surface area (Å²) in [4.78, 5) is 24.4. The lowest BCUT2D eigenvalue weighted by atomic mass is 10.2. The minimum absolute atomic E-state index is 0.357. The van der Waals surface area contributed by atoms with Gasteiger partial charge in [-0.3, -0.25) is 9.59 Å². The maximum absolute atomic E-state index is 12.2. The number of hydrogen-bond donors (Lipinski definition) is 2. The monoisotopic (exact) mass is 722 g/mol. The van der Waals surface area contributed by atoms with Crippen LogP contribution in [0.1, 0.15) is 22.3 Å². The van der Waals surface area contributed by atoms with Crippen molar-refractivity contribution in [2.45, 2.75) is 13.2 Å². The summed E-state index contributed by atoms with van der Waals surface area (Å²) >= 11 is 6.97. The lowest BCUT2D eigenvalue weighted by molar-refractivity contribution is -0.139. The van der Waals surface area contributed by atoms with Crippen LogP contribution in [0, 0.1) is 0 Å². The topological polar surface area (TPSA) is 120 Å². The van der Waals surface area contributed by atoms with Crippen molar-refractivity contribution in [3.8, 4) is 23.0 Å². The molecule has 226 valence electrons. The second-order valence-corrected chi connectivity index (χ2v) is 10.7. The smallest absolute Gasteiger partial charge is 0.331 e. The van der Waals surface area contributed by atoms with Gasteiger partial charge in [0.1, 0.15) is 13.2 Å². The number of halogens is 2. The zero-order valence-electron chi connectivity index (χ0n) is 23.8. The number of carbonyl (C=O) groups is 2. The highest BCUT2D eigenvalue weighted by atomic mass is 79.9. The Morgan fingerprint density at radius 3 is 1.41 bits per heavy atom. The number of amides is 2. The molecule has 2 amide bonds. The van der Waals surface area contributed by atoms with Gasteiger partial charge >= 0.3 is 11.8 Å². The highest BCUT2D eigenvalue weighted by Crippen LogP contribution is 2.38. The third-order valence-corrected chi connectivity index (χ3v) is 7.10. The average Bonchev–Trinajstić information content (AvgIpc) is 3.04. The van der Waals surface area contributed by atoms with Crippen molar-refractivity contribution < 1.29 is 28.5 Å². The zero-order chi connectivity index (χ0) is 31.3. The van der Waals surface area contributed by atoms with Crippen molar-refractivity contribution in [3.05, 3.63) is 116 Å². The molecule has 0 spiro atoms. The molecule has 0 aliphatic carbocycles. The molecule has 0 atom stereocenters. The zero-order valence-corrected chi connectivity index (χ0v) is 26.9. The highest BCUT2D eigenvalue weighted by molar-refractivity contribution is 9.11. The van der Waals surface area contributed by atoms with Crippen LogP contribution in [0.15, 0.2) is 104 Å². The molecular weight excluding hydrogens is 696 g/mol. The van der Waals surface area contributed by atoms with Crippen LogP contribution in [0.4, 0.5) is 0 Å². The van der Waals surface area contributed by atoms with Crippen molar-refractivity contribution in [3.63, 3.8) is 0 Å². The molecule has 0 heterocycles. The minimum Gasteiger partial charge on any atom is -0.493 e. The van der Waals surface area contributed by atoms with Gasteiger partial charge in [-0.1, -0.05) is 60.7 Å². The van der Waals surface area contributed by atoms with Crippen LogP contribution < -0.4 is 29.8 Å². The summed E-state index contributed by atoms with van der Waals surface area (Å²) in [7, 11) is 3.04. The van der Waals surface area contributed by atoms with Crippen molar-refractivity contribution >= 4 is 56.1 Å². The molecule has 44 heavy (non-hydrogen) atoms. The Hall–Kier alpha value is -4.68. The summed E-state index contributed by atoms with van der Waals surface area (Å²) in [5.41, 5.74) is 7.55. The predicted molar refractivity (Wildman–Crippen MR) is 174 cm³/mol. The third-order valence-electron chi connectivity index (χ3n) is 5.92. The number of nitrogens with zero attached hydrogens (tertiary/aromatic N) is 2. The van der Waals surface area contributed by atoms with Crippen molar-refractivity contribution in [1.29, 1.82) is 0 Å². The second kappa shape index (κ2) is 16.2. The molecule has 0 aliphatic rings. The van der Waals surface area contributed by atoms with E-state index in [1.165, 1.54) is 26.6 Å². The Labute approximate surface area is 271 Å². The van der Waals surface area contributed by atoms with Gasteiger partial charge in [0.2, 0.25) is 0 Å². The first-order valence-electron chi connectivity index (χ1n) is 13.1. The van der Waals surface area contributed by atoms with Gasteiger partial charge < -0.3 is 18.9 Å². The molecule has 0 saturated heterocycles. The van der Waals surface area contributed by atoms with E-state index in [0.29, 0.717) is 56.3 Å². The van der Waals surface area contributed by atoms with Gasteiger partial charge in [-0.05, 0) is 78.4 Å². The van der Waals surface area contributed by atoms with Crippen molar-refractivity contribution in [2.75, 3.05) is 14.2 Å². The maximum atomic E-state index is 12.2. The van der Waals surface area contributed by atoms with E-state index in [2.05, 4.69) is 52.9 Å². The first-order valence-corrected chi connectivity index (χ1v) is 14.7. The Morgan fingerprint density at radius 1 is 0.659 bits per heavy atom. The molecule has 4 aromatic rings. The summed E-state index contributed by atoms with van der Waals surface area (Å²) in [6.45, 7) is 0.715. The molecule has 0 aliphatic heterocycles. The van der Waals surface area contributed by atoms with Crippen LogP contribution in [0.25, 0.3) is 0 Å². The second-order valence-electron chi connectivity index (χ2n) is 9.02. The van der Waals surface area contributed by atoms with E-state index in [1.54, 1.807) is 24.3 Å². The van der Waals surface area contributed by atoms with E-state index in [9.17, 15) is 9.59 Å². The molecule has 0 bridgehead atoms. The molecule has 2 N–H and O–H groups in total. The van der Waals surface area contributed by atoms with Gasteiger partial charge in [-0.25, -0.2) is 10.9 Å². The summed E-state index contributed by atoms with van der Waals surface area (Å²) in [6, 6.07) is 26.3. The summed E-state index contributed by atoms with van der Waals surface area (Å²) in [6.07, 6.45) is 2.74. The molecule has 0 unspecified atom stereocenters. The molecule has 0 radical (unpaired) electrons. The molecule has 4 rings (SSSR count). The fourth-order valence-corrected chi connectivity index (χ4v) is 4.95. The Kier molecular flexibility index (Phi) is 11.9. The minimum atomic E-state index is -1.00. The molecule has 0 fully saturated rings. The van der Waals surface area contributed by atoms with Crippen LogP contribution in [-0.4, -0.2) is 38.5 Å². The standard InChI is InChI=1S/C32H28Br2N4O6/c1-41-27-15-23(13-25(33)29(27)43-19-21-9-5-3-6-10-21)17-35-37-31(39)32(40)38-36-18-24-14-26(34)30(28(16-24)42-2)44-20-22-11-7-4-8-12-22/h3-18H,19-20H2,1-2H3,(H,37,39)(H,38,40)/b35-17+,36-18?. The van der Waals surface area contributed by atoms with E-state index < -0.39 is 11.8 Å². The molecule has 12 heteroatoms. The maximum Gasteiger partial charge on any atom is 0.331 e. The van der Waals surface area contributed by atoms with Crippen LogP contribution in [0.5, 0.6) is 23.0 Å². The first kappa shape index (κ1) is 32.2. The van der Waals surface area contributed by atoms with Crippen LogP contribution in [0.2, 0.25) is 0 Å². The fourth-order valence-electron chi connectivity index (χ4n) is 3.80. The summed E-state index contributed by atoms with van der Waals surface area (Å²) in [5.74, 6) is -0.0303. The van der Waals surface area contributed by atoms with Crippen LogP contribution >= 0.6 is 31.9 Å². The summed E-state index contributed by atoms with van der Waals surface area (Å²) in [5, 5.41) is 7.72. The van der Waals surface area contributed by atoms with E-state index in [0.717, 1.165) is 11.1 Å². The van der Waals surface area contributed by atoms with Gasteiger partial charge in [0.25, 0.3) is 0 Å². The van der Waals surface area contributed by atoms with Crippen molar-refractivity contribution in [2.24, 2.45) is 10.2 Å². The normalized spacial score (nSPS) is 10.9. The molecule has 10 nitrogen and oxygen atoms in total. The third kappa shape index (κ3) is 9.16. The van der Waals surface area contributed by atoms with Gasteiger partial charge in [-0.2, -0.15) is 10.2 Å². The number of rotatable bonds is 12. The number of methoxy groups -OCH3 is 2. The van der Waals surface area contributed by atoms with Gasteiger partial charge in [0, 0.05) is 0 Å². The van der Waals surface area contributed by atoms with E-state index in [4.69, 9.17) is 18.9 Å². The first-order chi connectivity index (χ1) is 21.4. The number of benzene rings is 4. The van der Waals surface area contributed by atoms with Gasteiger partial charge in [0.15, 0.2) is 23.0 Å². The van der Waals surface area contributed by atoms with E-state index in [1.807, 2.05) is 60.7 Å². The quantitative estimate of drug-likeness (QED) is 0.105. The summed E-state index contributed by atoms with van der Waals surface area (Å²) < 4.78 is 24.0. The predicted octanol–water partition coefficient (Wildman–Crippen LogP) is 5.99. The Morgan fingerprint density at radius 2 is 1.05 bits per heavy atom. The fraction of sp³-hybridized carbons (Fsp3) is 0.125. The van der Waals surface area contributed by atoms with E-state index in [-0.39, 0.29) is 0 Å². The molecule has 0 aromatic heterocycles. The van der Waals surface area contributed by atoms with E-state index >= 15 is 0 Å². The lowest BCUT2D eigenvalue weighted by Gasteiger charge is -2.13. The van der Waals surface area contributed by atoms with Gasteiger partial charge in [0.05, 0.1) is 35.6 Å². The molecular formula is C32H28Br2N4O6. The lowest BCUT2D eigenvalue weighted by Crippen LogP contribution is -2.35. The molecule has 4 aromatic carbocycles. The number of nitrogens with one attached hydrogen (secondary N) is 2. The highest BCUT2D eigenvalue weighted by Gasteiger charge is 2.14. The Balaban J connectivity index is 1.30. The number of hydrazone groups is 2. The number of carbonyl (C=O) groups excluding carboxylic acids is 2. The SMILES string of the molecule is COc1cc(C=NNC(=O)C(=O)N/N=C/c2cc(Br)c(OCc3ccccc3)c(OC)c2)cc(Br)c1OCc1ccccc1.